The zero-order valence-corrected chi connectivity index (χ0v) is 16.0. The van der Waals surface area contributed by atoms with Crippen molar-refractivity contribution in [3.8, 4) is 22.8 Å². The molecule has 0 atom stereocenters. The molecule has 0 aliphatic heterocycles. The minimum atomic E-state index is -0.384. The number of anilines is 1. The molecule has 0 unspecified atom stereocenters. The SMILES string of the molecule is Bc1cc(Cl)c(-c2nc(N)nc3sc(C(=O)NCC)c(O)c23)cc1OC. The molecule has 3 rings (SSSR count). The number of nitrogens with zero attached hydrogens (tertiary/aromatic N) is 2. The Morgan fingerprint density at radius 3 is 2.85 bits per heavy atom. The Labute approximate surface area is 159 Å². The van der Waals surface area contributed by atoms with E-state index in [9.17, 15) is 9.90 Å². The number of rotatable bonds is 4. The topological polar surface area (TPSA) is 110 Å². The number of halogens is 1. The number of hydrogen-bond donors (Lipinski definition) is 3. The summed E-state index contributed by atoms with van der Waals surface area (Å²) in [7, 11) is 3.42. The van der Waals surface area contributed by atoms with Gasteiger partial charge in [0.1, 0.15) is 23.3 Å². The van der Waals surface area contributed by atoms with E-state index in [1.165, 1.54) is 0 Å². The van der Waals surface area contributed by atoms with Crippen molar-refractivity contribution in [2.45, 2.75) is 6.92 Å². The molecule has 0 saturated heterocycles. The van der Waals surface area contributed by atoms with Crippen LogP contribution in [0, 0.1) is 0 Å². The fourth-order valence-corrected chi connectivity index (χ4v) is 3.95. The molecule has 2 heterocycles. The van der Waals surface area contributed by atoms with Crippen molar-refractivity contribution in [2.75, 3.05) is 19.4 Å². The van der Waals surface area contributed by atoms with Crippen molar-refractivity contribution in [1.82, 2.24) is 15.3 Å². The number of methoxy groups -OCH3 is 1. The third-order valence-electron chi connectivity index (χ3n) is 3.83. The molecule has 0 fully saturated rings. The molecular weight excluding hydrogens is 375 g/mol. The molecule has 10 heteroatoms. The number of nitrogens with one attached hydrogen (secondary N) is 1. The molecule has 3 aromatic rings. The van der Waals surface area contributed by atoms with E-state index in [0.717, 1.165) is 16.8 Å². The smallest absolute Gasteiger partial charge is 0.265 e. The lowest BCUT2D eigenvalue weighted by Crippen LogP contribution is -2.21. The molecule has 0 aliphatic rings. The van der Waals surface area contributed by atoms with Gasteiger partial charge in [0.05, 0.1) is 18.2 Å². The molecule has 1 amide bonds. The molecule has 0 aliphatic carbocycles. The highest BCUT2D eigenvalue weighted by Crippen LogP contribution is 2.43. The highest BCUT2D eigenvalue weighted by atomic mass is 35.5. The van der Waals surface area contributed by atoms with E-state index in [1.54, 1.807) is 26.2 Å². The van der Waals surface area contributed by atoms with Crippen molar-refractivity contribution in [2.24, 2.45) is 0 Å². The molecule has 0 spiro atoms. The van der Waals surface area contributed by atoms with Gasteiger partial charge in [-0.05, 0) is 24.5 Å². The Hall–Kier alpha value is -2.52. The number of aromatic nitrogens is 2. The van der Waals surface area contributed by atoms with E-state index in [2.05, 4.69) is 15.3 Å². The van der Waals surface area contributed by atoms with Crippen molar-refractivity contribution in [3.63, 3.8) is 0 Å². The first kappa shape index (κ1) is 18.3. The number of hydrogen-bond acceptors (Lipinski definition) is 7. The van der Waals surface area contributed by atoms with Gasteiger partial charge < -0.3 is 20.9 Å². The van der Waals surface area contributed by atoms with Gasteiger partial charge in [-0.15, -0.1) is 11.3 Å². The summed E-state index contributed by atoms with van der Waals surface area (Å²) in [6.07, 6.45) is 0. The highest BCUT2D eigenvalue weighted by Gasteiger charge is 2.24. The van der Waals surface area contributed by atoms with E-state index in [0.29, 0.717) is 38.8 Å². The molecule has 0 radical (unpaired) electrons. The van der Waals surface area contributed by atoms with Gasteiger partial charge in [0, 0.05) is 17.1 Å². The second-order valence-electron chi connectivity index (χ2n) is 5.55. The molecule has 4 N–H and O–H groups in total. The van der Waals surface area contributed by atoms with E-state index >= 15 is 0 Å². The first-order chi connectivity index (χ1) is 12.4. The number of benzene rings is 1. The summed E-state index contributed by atoms with van der Waals surface area (Å²) in [5.41, 5.74) is 7.57. The summed E-state index contributed by atoms with van der Waals surface area (Å²) in [5.74, 6) is 0.0619. The normalized spacial score (nSPS) is 10.9. The molecule has 7 nitrogen and oxygen atoms in total. The fourth-order valence-electron chi connectivity index (χ4n) is 2.65. The molecule has 0 bridgehead atoms. The molecular formula is C16H16BClN4O3S. The third kappa shape index (κ3) is 3.04. The van der Waals surface area contributed by atoms with Crippen LogP contribution in [0.5, 0.6) is 11.5 Å². The summed E-state index contributed by atoms with van der Waals surface area (Å²) in [6.45, 7) is 2.23. The number of aromatic hydroxyl groups is 1. The van der Waals surface area contributed by atoms with Gasteiger partial charge in [-0.1, -0.05) is 11.6 Å². The maximum absolute atomic E-state index is 12.2. The van der Waals surface area contributed by atoms with Crippen molar-refractivity contribution in [3.05, 3.63) is 22.0 Å². The lowest BCUT2D eigenvalue weighted by Gasteiger charge is -2.11. The minimum Gasteiger partial charge on any atom is -0.505 e. The van der Waals surface area contributed by atoms with Crippen molar-refractivity contribution in [1.29, 1.82) is 0 Å². The van der Waals surface area contributed by atoms with Crippen molar-refractivity contribution < 1.29 is 14.6 Å². The van der Waals surface area contributed by atoms with Gasteiger partial charge in [0.2, 0.25) is 5.95 Å². The summed E-state index contributed by atoms with van der Waals surface area (Å²) in [4.78, 5) is 21.2. The Kier molecular flexibility index (Phi) is 4.93. The van der Waals surface area contributed by atoms with Gasteiger partial charge >= 0.3 is 0 Å². The zero-order valence-electron chi connectivity index (χ0n) is 14.4. The number of carbonyl (C=O) groups is 1. The molecule has 0 saturated carbocycles. The zero-order chi connectivity index (χ0) is 19.0. The number of nitrogens with two attached hydrogens (primary N) is 1. The minimum absolute atomic E-state index is 0.0202. The van der Waals surface area contributed by atoms with Crippen LogP contribution in [-0.4, -0.2) is 42.5 Å². The third-order valence-corrected chi connectivity index (χ3v) is 5.21. The van der Waals surface area contributed by atoms with Crippen LogP contribution < -0.4 is 21.3 Å². The van der Waals surface area contributed by atoms with Crippen LogP contribution in [0.3, 0.4) is 0 Å². The number of nitrogen functional groups attached to an aromatic ring is 1. The average molecular weight is 391 g/mol. The van der Waals surface area contributed by atoms with Crippen LogP contribution in [0.1, 0.15) is 16.6 Å². The van der Waals surface area contributed by atoms with E-state index in [-0.39, 0.29) is 22.5 Å². The Morgan fingerprint density at radius 2 is 2.19 bits per heavy atom. The monoisotopic (exact) mass is 390 g/mol. The summed E-state index contributed by atoms with van der Waals surface area (Å²) >= 11 is 7.45. The Bertz CT molecular complexity index is 1020. The second kappa shape index (κ2) is 7.01. The van der Waals surface area contributed by atoms with Gasteiger partial charge in [0.15, 0.2) is 5.75 Å². The van der Waals surface area contributed by atoms with Gasteiger partial charge in [-0.25, -0.2) is 9.97 Å². The number of fused-ring (bicyclic) bond motifs is 1. The number of carbonyl (C=O) groups excluding carboxylic acids is 1. The first-order valence-electron chi connectivity index (χ1n) is 7.79. The molecule has 1 aromatic carbocycles. The molecule has 26 heavy (non-hydrogen) atoms. The lowest BCUT2D eigenvalue weighted by molar-refractivity contribution is 0.0957. The van der Waals surface area contributed by atoms with Crippen LogP contribution in [0.4, 0.5) is 5.95 Å². The predicted molar refractivity (Wildman–Crippen MR) is 107 cm³/mol. The highest BCUT2D eigenvalue weighted by molar-refractivity contribution is 7.21. The standard InChI is InChI=1S/C16H16BClN4O3S/c1-3-20-14(24)13-12(23)10-11(21-16(19)22-15(10)26-13)6-4-9(25-2)7(17)5-8(6)18/h4-5,23H,3,17H2,1-2H3,(H,20,24)(H2,19,21,22). The summed E-state index contributed by atoms with van der Waals surface area (Å²) in [5, 5.41) is 14.1. The second-order valence-corrected chi connectivity index (χ2v) is 6.96. The van der Waals surface area contributed by atoms with Crippen LogP contribution in [0.25, 0.3) is 21.5 Å². The van der Waals surface area contributed by atoms with Crippen molar-refractivity contribution >= 4 is 58.3 Å². The van der Waals surface area contributed by atoms with Crippen LogP contribution in [0.2, 0.25) is 5.02 Å². The Morgan fingerprint density at radius 1 is 1.46 bits per heavy atom. The van der Waals surface area contributed by atoms with Crippen LogP contribution >= 0.6 is 22.9 Å². The van der Waals surface area contributed by atoms with Gasteiger partial charge in [0.25, 0.3) is 5.91 Å². The van der Waals surface area contributed by atoms with Crippen LogP contribution in [0.15, 0.2) is 12.1 Å². The van der Waals surface area contributed by atoms with Gasteiger partial charge in [-0.2, -0.15) is 0 Å². The summed E-state index contributed by atoms with van der Waals surface area (Å²) in [6, 6.07) is 3.47. The van der Waals surface area contributed by atoms with Crippen LogP contribution in [-0.2, 0) is 0 Å². The first-order valence-corrected chi connectivity index (χ1v) is 8.98. The lowest BCUT2D eigenvalue weighted by atomic mass is 9.92. The van der Waals surface area contributed by atoms with E-state index < -0.39 is 0 Å². The number of ether oxygens (including phenoxy) is 1. The average Bonchev–Trinajstić information content (AvgIpc) is 2.91. The van der Waals surface area contributed by atoms with E-state index in [1.807, 2.05) is 7.85 Å². The summed E-state index contributed by atoms with van der Waals surface area (Å²) < 4.78 is 5.35. The fraction of sp³-hybridized carbons (Fsp3) is 0.188. The maximum atomic E-state index is 12.2. The number of thiophene rings is 1. The quantitative estimate of drug-likeness (QED) is 0.579. The molecule has 134 valence electrons. The maximum Gasteiger partial charge on any atom is 0.265 e. The van der Waals surface area contributed by atoms with E-state index in [4.69, 9.17) is 22.1 Å². The number of amides is 1. The Balaban J connectivity index is 2.32. The molecule has 2 aromatic heterocycles. The largest absolute Gasteiger partial charge is 0.505 e. The predicted octanol–water partition coefficient (Wildman–Crippen LogP) is 1.32. The van der Waals surface area contributed by atoms with Gasteiger partial charge in [-0.3, -0.25) is 4.79 Å².